The van der Waals surface area contributed by atoms with Crippen LogP contribution in [-0.2, 0) is 6.54 Å². The average molecular weight is 312 g/mol. The molecule has 5 heteroatoms. The van der Waals surface area contributed by atoms with Gasteiger partial charge in [-0.1, -0.05) is 12.1 Å². The van der Waals surface area contributed by atoms with E-state index in [-0.39, 0.29) is 0 Å². The largest absolute Gasteiger partial charge is 0.494 e. The lowest BCUT2D eigenvalue weighted by atomic mass is 10.1. The minimum Gasteiger partial charge on any atom is -0.494 e. The van der Waals surface area contributed by atoms with Gasteiger partial charge in [0, 0.05) is 25.8 Å². The van der Waals surface area contributed by atoms with Crippen LogP contribution in [0.5, 0.6) is 5.75 Å². The SMILES string of the molecule is CCOc1ccc(CNc2ccnc(N3CCCCC3)n2)cc1. The second-order valence-electron chi connectivity index (χ2n) is 5.72. The lowest BCUT2D eigenvalue weighted by molar-refractivity contribution is 0.340. The molecule has 122 valence electrons. The van der Waals surface area contributed by atoms with E-state index < -0.39 is 0 Å². The van der Waals surface area contributed by atoms with Gasteiger partial charge in [-0.3, -0.25) is 0 Å². The van der Waals surface area contributed by atoms with E-state index in [0.717, 1.165) is 37.1 Å². The van der Waals surface area contributed by atoms with E-state index in [1.165, 1.54) is 24.8 Å². The van der Waals surface area contributed by atoms with Gasteiger partial charge in [-0.25, -0.2) is 4.98 Å². The number of piperidine rings is 1. The first-order chi connectivity index (χ1) is 11.3. The summed E-state index contributed by atoms with van der Waals surface area (Å²) in [6.45, 7) is 5.54. The standard InChI is InChI=1S/C18H24N4O/c1-2-23-16-8-6-15(7-9-16)14-20-17-10-11-19-18(21-17)22-12-4-3-5-13-22/h6-11H,2-5,12-14H2,1H3,(H,19,20,21). The number of hydrogen-bond acceptors (Lipinski definition) is 5. The molecule has 1 aliphatic heterocycles. The van der Waals surface area contributed by atoms with E-state index in [9.17, 15) is 0 Å². The van der Waals surface area contributed by atoms with Crippen molar-refractivity contribution in [1.82, 2.24) is 9.97 Å². The average Bonchev–Trinajstić information content (AvgIpc) is 2.62. The Morgan fingerprint density at radius 3 is 2.61 bits per heavy atom. The zero-order valence-electron chi connectivity index (χ0n) is 13.7. The van der Waals surface area contributed by atoms with Crippen molar-refractivity contribution < 1.29 is 4.74 Å². The highest BCUT2D eigenvalue weighted by atomic mass is 16.5. The molecule has 3 rings (SSSR count). The van der Waals surface area contributed by atoms with Crippen LogP contribution in [0.3, 0.4) is 0 Å². The number of rotatable bonds is 6. The van der Waals surface area contributed by atoms with Gasteiger partial charge in [-0.05, 0) is 49.9 Å². The number of nitrogens with one attached hydrogen (secondary N) is 1. The first-order valence-corrected chi connectivity index (χ1v) is 8.39. The minimum atomic E-state index is 0.692. The highest BCUT2D eigenvalue weighted by molar-refractivity contribution is 5.42. The maximum Gasteiger partial charge on any atom is 0.227 e. The maximum atomic E-state index is 5.46. The van der Waals surface area contributed by atoms with Crippen molar-refractivity contribution in [3.8, 4) is 5.75 Å². The number of aromatic nitrogens is 2. The second kappa shape index (κ2) is 7.81. The maximum absolute atomic E-state index is 5.46. The zero-order valence-corrected chi connectivity index (χ0v) is 13.7. The van der Waals surface area contributed by atoms with E-state index in [4.69, 9.17) is 4.74 Å². The Labute approximate surface area is 137 Å². The molecule has 1 N–H and O–H groups in total. The van der Waals surface area contributed by atoms with E-state index in [1.54, 1.807) is 0 Å². The van der Waals surface area contributed by atoms with Crippen molar-refractivity contribution in [2.75, 3.05) is 29.9 Å². The molecule has 0 bridgehead atoms. The smallest absolute Gasteiger partial charge is 0.227 e. The molecule has 1 fully saturated rings. The van der Waals surface area contributed by atoms with Crippen LogP contribution < -0.4 is 15.0 Å². The predicted octanol–water partition coefficient (Wildman–Crippen LogP) is 3.48. The summed E-state index contributed by atoms with van der Waals surface area (Å²) < 4.78 is 5.46. The summed E-state index contributed by atoms with van der Waals surface area (Å²) in [6.07, 6.45) is 5.60. The van der Waals surface area contributed by atoms with Gasteiger partial charge in [0.1, 0.15) is 11.6 Å². The summed E-state index contributed by atoms with van der Waals surface area (Å²) >= 11 is 0. The third kappa shape index (κ3) is 4.34. The molecule has 0 atom stereocenters. The lowest BCUT2D eigenvalue weighted by Crippen LogP contribution is -2.31. The lowest BCUT2D eigenvalue weighted by Gasteiger charge is -2.26. The van der Waals surface area contributed by atoms with Gasteiger partial charge in [-0.2, -0.15) is 4.98 Å². The fourth-order valence-corrected chi connectivity index (χ4v) is 2.76. The van der Waals surface area contributed by atoms with Crippen molar-refractivity contribution in [1.29, 1.82) is 0 Å². The Morgan fingerprint density at radius 1 is 1.09 bits per heavy atom. The molecule has 5 nitrogen and oxygen atoms in total. The van der Waals surface area contributed by atoms with Crippen LogP contribution in [0.1, 0.15) is 31.7 Å². The van der Waals surface area contributed by atoms with Crippen LogP contribution in [0, 0.1) is 0 Å². The highest BCUT2D eigenvalue weighted by Crippen LogP contribution is 2.17. The summed E-state index contributed by atoms with van der Waals surface area (Å²) in [5.74, 6) is 2.61. The first kappa shape index (κ1) is 15.6. The predicted molar refractivity (Wildman–Crippen MR) is 93.0 cm³/mol. The summed E-state index contributed by atoms with van der Waals surface area (Å²) in [7, 11) is 0. The van der Waals surface area contributed by atoms with Crippen molar-refractivity contribution in [2.45, 2.75) is 32.7 Å². The molecule has 2 aromatic rings. The number of benzene rings is 1. The van der Waals surface area contributed by atoms with Crippen LogP contribution in [-0.4, -0.2) is 29.7 Å². The van der Waals surface area contributed by atoms with Crippen molar-refractivity contribution in [3.05, 3.63) is 42.1 Å². The molecule has 1 saturated heterocycles. The van der Waals surface area contributed by atoms with E-state index in [0.29, 0.717) is 6.61 Å². The molecule has 0 aliphatic carbocycles. The molecule has 0 saturated carbocycles. The van der Waals surface area contributed by atoms with Crippen molar-refractivity contribution in [3.63, 3.8) is 0 Å². The molecule has 2 heterocycles. The Kier molecular flexibility index (Phi) is 5.29. The van der Waals surface area contributed by atoms with Gasteiger partial charge in [0.05, 0.1) is 6.61 Å². The summed E-state index contributed by atoms with van der Waals surface area (Å²) in [6, 6.07) is 10.1. The fraction of sp³-hybridized carbons (Fsp3) is 0.444. The Balaban J connectivity index is 1.59. The van der Waals surface area contributed by atoms with E-state index >= 15 is 0 Å². The molecular formula is C18H24N4O. The van der Waals surface area contributed by atoms with Crippen LogP contribution in [0.2, 0.25) is 0 Å². The normalized spacial score (nSPS) is 14.6. The Bertz CT molecular complexity index is 609. The Hall–Kier alpha value is -2.30. The summed E-state index contributed by atoms with van der Waals surface area (Å²) in [5, 5.41) is 3.37. The first-order valence-electron chi connectivity index (χ1n) is 8.39. The van der Waals surface area contributed by atoms with Crippen LogP contribution >= 0.6 is 0 Å². The molecule has 1 aromatic carbocycles. The van der Waals surface area contributed by atoms with Gasteiger partial charge in [-0.15, -0.1) is 0 Å². The number of nitrogens with zero attached hydrogens (tertiary/aromatic N) is 3. The quantitative estimate of drug-likeness (QED) is 0.885. The molecule has 1 aromatic heterocycles. The van der Waals surface area contributed by atoms with Crippen molar-refractivity contribution in [2.24, 2.45) is 0 Å². The third-order valence-electron chi connectivity index (χ3n) is 3.99. The van der Waals surface area contributed by atoms with Crippen LogP contribution in [0.25, 0.3) is 0 Å². The minimum absolute atomic E-state index is 0.692. The van der Waals surface area contributed by atoms with E-state index in [1.807, 2.05) is 31.3 Å². The molecule has 1 aliphatic rings. The van der Waals surface area contributed by atoms with Gasteiger partial charge in [0.25, 0.3) is 0 Å². The second-order valence-corrected chi connectivity index (χ2v) is 5.72. The molecule has 0 amide bonds. The van der Waals surface area contributed by atoms with Crippen LogP contribution in [0.4, 0.5) is 11.8 Å². The monoisotopic (exact) mass is 312 g/mol. The Morgan fingerprint density at radius 2 is 1.87 bits per heavy atom. The van der Waals surface area contributed by atoms with Gasteiger partial charge in [0.2, 0.25) is 5.95 Å². The third-order valence-corrected chi connectivity index (χ3v) is 3.99. The van der Waals surface area contributed by atoms with Crippen molar-refractivity contribution >= 4 is 11.8 Å². The molecule has 0 spiro atoms. The topological polar surface area (TPSA) is 50.3 Å². The number of anilines is 2. The highest BCUT2D eigenvalue weighted by Gasteiger charge is 2.13. The van der Waals surface area contributed by atoms with Gasteiger partial charge < -0.3 is 15.0 Å². The van der Waals surface area contributed by atoms with Crippen LogP contribution in [0.15, 0.2) is 36.5 Å². The van der Waals surface area contributed by atoms with Gasteiger partial charge >= 0.3 is 0 Å². The fourth-order valence-electron chi connectivity index (χ4n) is 2.76. The molecule has 23 heavy (non-hydrogen) atoms. The molecule has 0 unspecified atom stereocenters. The summed E-state index contributed by atoms with van der Waals surface area (Å²) in [5.41, 5.74) is 1.20. The molecular weight excluding hydrogens is 288 g/mol. The van der Waals surface area contributed by atoms with E-state index in [2.05, 4.69) is 32.3 Å². The van der Waals surface area contributed by atoms with Gasteiger partial charge in [0.15, 0.2) is 0 Å². The zero-order chi connectivity index (χ0) is 15.9. The molecule has 0 radical (unpaired) electrons. The number of hydrogen-bond donors (Lipinski definition) is 1. The summed E-state index contributed by atoms with van der Waals surface area (Å²) in [4.78, 5) is 11.3. The number of ether oxygens (including phenoxy) is 1.